The standard InChI is InChI=1S/C15H17NO3/c1-10-8-12(9-19-10)15(18)16(3)11(2)13-6-4-5-7-14(13)17/h4-9,11,17H,1-3H3. The van der Waals surface area contributed by atoms with E-state index in [4.69, 9.17) is 4.42 Å². The molecule has 1 heterocycles. The van der Waals surface area contributed by atoms with Gasteiger partial charge in [0.1, 0.15) is 17.8 Å². The molecule has 0 bridgehead atoms. The fourth-order valence-electron chi connectivity index (χ4n) is 1.98. The number of aromatic hydroxyl groups is 1. The number of nitrogens with zero attached hydrogens (tertiary/aromatic N) is 1. The van der Waals surface area contributed by atoms with Crippen LogP contribution in [0.2, 0.25) is 0 Å². The summed E-state index contributed by atoms with van der Waals surface area (Å²) in [6.45, 7) is 3.67. The molecule has 1 amide bonds. The summed E-state index contributed by atoms with van der Waals surface area (Å²) < 4.78 is 5.15. The molecule has 0 saturated carbocycles. The summed E-state index contributed by atoms with van der Waals surface area (Å²) in [6, 6.07) is 8.51. The molecule has 2 aromatic rings. The summed E-state index contributed by atoms with van der Waals surface area (Å²) >= 11 is 0. The first-order valence-electron chi connectivity index (χ1n) is 6.11. The topological polar surface area (TPSA) is 53.7 Å². The quantitative estimate of drug-likeness (QED) is 0.921. The lowest BCUT2D eigenvalue weighted by atomic mass is 10.1. The van der Waals surface area contributed by atoms with E-state index in [2.05, 4.69) is 0 Å². The highest BCUT2D eigenvalue weighted by Gasteiger charge is 2.21. The number of amides is 1. The van der Waals surface area contributed by atoms with Gasteiger partial charge in [-0.05, 0) is 26.0 Å². The van der Waals surface area contributed by atoms with Gasteiger partial charge in [0.2, 0.25) is 0 Å². The molecule has 100 valence electrons. The normalized spacial score (nSPS) is 12.2. The van der Waals surface area contributed by atoms with Crippen LogP contribution in [-0.4, -0.2) is 23.0 Å². The third kappa shape index (κ3) is 2.62. The van der Waals surface area contributed by atoms with Crippen molar-refractivity contribution in [2.24, 2.45) is 0 Å². The van der Waals surface area contributed by atoms with Crippen molar-refractivity contribution in [3.8, 4) is 5.75 Å². The molecule has 0 saturated heterocycles. The fourth-order valence-corrected chi connectivity index (χ4v) is 1.98. The fraction of sp³-hybridized carbons (Fsp3) is 0.267. The summed E-state index contributed by atoms with van der Waals surface area (Å²) in [5.74, 6) is 0.762. The van der Waals surface area contributed by atoms with Crippen LogP contribution < -0.4 is 0 Å². The number of hydrogen-bond acceptors (Lipinski definition) is 3. The van der Waals surface area contributed by atoms with Crippen molar-refractivity contribution in [3.63, 3.8) is 0 Å². The van der Waals surface area contributed by atoms with Crippen LogP contribution in [0.25, 0.3) is 0 Å². The molecule has 1 aromatic carbocycles. The Balaban J connectivity index is 2.22. The summed E-state index contributed by atoms with van der Waals surface area (Å²) in [5.41, 5.74) is 1.24. The van der Waals surface area contributed by atoms with Crippen LogP contribution in [0.5, 0.6) is 5.75 Å². The molecule has 0 aliphatic carbocycles. The molecular formula is C15H17NO3. The van der Waals surface area contributed by atoms with Gasteiger partial charge in [-0.3, -0.25) is 4.79 Å². The molecule has 0 radical (unpaired) electrons. The first-order valence-corrected chi connectivity index (χ1v) is 6.11. The number of phenolic OH excluding ortho intramolecular Hbond substituents is 1. The summed E-state index contributed by atoms with van der Waals surface area (Å²) in [6.07, 6.45) is 1.45. The van der Waals surface area contributed by atoms with Crippen LogP contribution in [0, 0.1) is 6.92 Å². The van der Waals surface area contributed by atoms with Crippen LogP contribution in [0.3, 0.4) is 0 Å². The molecule has 1 aromatic heterocycles. The van der Waals surface area contributed by atoms with E-state index in [0.717, 1.165) is 5.56 Å². The lowest BCUT2D eigenvalue weighted by Crippen LogP contribution is -2.29. The highest BCUT2D eigenvalue weighted by Crippen LogP contribution is 2.28. The smallest absolute Gasteiger partial charge is 0.257 e. The minimum Gasteiger partial charge on any atom is -0.508 e. The van der Waals surface area contributed by atoms with Gasteiger partial charge in [-0.25, -0.2) is 0 Å². The predicted molar refractivity (Wildman–Crippen MR) is 72.1 cm³/mol. The minimum absolute atomic E-state index is 0.132. The lowest BCUT2D eigenvalue weighted by Gasteiger charge is -2.25. The zero-order valence-corrected chi connectivity index (χ0v) is 11.3. The van der Waals surface area contributed by atoms with Crippen LogP contribution in [0.4, 0.5) is 0 Å². The van der Waals surface area contributed by atoms with Gasteiger partial charge in [0.15, 0.2) is 0 Å². The highest BCUT2D eigenvalue weighted by atomic mass is 16.3. The molecular weight excluding hydrogens is 242 g/mol. The summed E-state index contributed by atoms with van der Waals surface area (Å²) in [4.78, 5) is 13.9. The Morgan fingerprint density at radius 2 is 2.05 bits per heavy atom. The van der Waals surface area contributed by atoms with Gasteiger partial charge in [0, 0.05) is 12.6 Å². The molecule has 0 spiro atoms. The van der Waals surface area contributed by atoms with E-state index in [9.17, 15) is 9.90 Å². The maximum absolute atomic E-state index is 12.3. The Labute approximate surface area is 112 Å². The third-order valence-corrected chi connectivity index (χ3v) is 3.27. The van der Waals surface area contributed by atoms with Crippen molar-refractivity contribution in [3.05, 3.63) is 53.5 Å². The monoisotopic (exact) mass is 259 g/mol. The van der Waals surface area contributed by atoms with E-state index in [1.165, 1.54) is 6.26 Å². The molecule has 4 heteroatoms. The first-order chi connectivity index (χ1) is 9.00. The Kier molecular flexibility index (Phi) is 3.60. The van der Waals surface area contributed by atoms with E-state index in [1.54, 1.807) is 37.1 Å². The highest BCUT2D eigenvalue weighted by molar-refractivity contribution is 5.94. The van der Waals surface area contributed by atoms with Crippen molar-refractivity contribution in [2.75, 3.05) is 7.05 Å². The predicted octanol–water partition coefficient (Wildman–Crippen LogP) is 3.13. The first kappa shape index (κ1) is 13.2. The average molecular weight is 259 g/mol. The van der Waals surface area contributed by atoms with Crippen molar-refractivity contribution in [2.45, 2.75) is 19.9 Å². The molecule has 1 N–H and O–H groups in total. The summed E-state index contributed by atoms with van der Waals surface area (Å²) in [5, 5.41) is 9.83. The van der Waals surface area contributed by atoms with Crippen molar-refractivity contribution >= 4 is 5.91 Å². The molecule has 0 fully saturated rings. The number of para-hydroxylation sites is 1. The van der Waals surface area contributed by atoms with Gasteiger partial charge in [-0.1, -0.05) is 18.2 Å². The largest absolute Gasteiger partial charge is 0.508 e. The van der Waals surface area contributed by atoms with E-state index in [-0.39, 0.29) is 17.7 Å². The van der Waals surface area contributed by atoms with Gasteiger partial charge in [0.05, 0.1) is 11.6 Å². The number of benzene rings is 1. The summed E-state index contributed by atoms with van der Waals surface area (Å²) in [7, 11) is 1.71. The molecule has 4 nitrogen and oxygen atoms in total. The van der Waals surface area contributed by atoms with E-state index in [0.29, 0.717) is 11.3 Å². The van der Waals surface area contributed by atoms with Crippen molar-refractivity contribution in [1.29, 1.82) is 0 Å². The number of furan rings is 1. The maximum atomic E-state index is 12.3. The van der Waals surface area contributed by atoms with Gasteiger partial charge in [-0.2, -0.15) is 0 Å². The van der Waals surface area contributed by atoms with E-state index < -0.39 is 0 Å². The average Bonchev–Trinajstić information content (AvgIpc) is 2.83. The number of carbonyl (C=O) groups is 1. The Bertz CT molecular complexity index is 589. The Hall–Kier alpha value is -2.23. The molecule has 1 atom stereocenters. The van der Waals surface area contributed by atoms with Gasteiger partial charge < -0.3 is 14.4 Å². The van der Waals surface area contributed by atoms with Crippen LogP contribution in [-0.2, 0) is 0 Å². The second kappa shape index (κ2) is 5.18. The maximum Gasteiger partial charge on any atom is 0.257 e. The molecule has 1 unspecified atom stereocenters. The number of aryl methyl sites for hydroxylation is 1. The molecule has 0 aliphatic heterocycles. The number of rotatable bonds is 3. The SMILES string of the molecule is Cc1cc(C(=O)N(C)C(C)c2ccccc2O)co1. The van der Waals surface area contributed by atoms with Crippen LogP contribution in [0.15, 0.2) is 41.0 Å². The van der Waals surface area contributed by atoms with Crippen LogP contribution >= 0.6 is 0 Å². The minimum atomic E-state index is -0.219. The van der Waals surface area contributed by atoms with E-state index >= 15 is 0 Å². The number of hydrogen-bond donors (Lipinski definition) is 1. The zero-order valence-electron chi connectivity index (χ0n) is 11.3. The lowest BCUT2D eigenvalue weighted by molar-refractivity contribution is 0.0740. The Morgan fingerprint density at radius 3 is 2.63 bits per heavy atom. The number of phenols is 1. The second-order valence-corrected chi connectivity index (χ2v) is 4.60. The van der Waals surface area contributed by atoms with Gasteiger partial charge >= 0.3 is 0 Å². The molecule has 2 rings (SSSR count). The van der Waals surface area contributed by atoms with Crippen molar-refractivity contribution < 1.29 is 14.3 Å². The van der Waals surface area contributed by atoms with Gasteiger partial charge in [0.25, 0.3) is 5.91 Å². The second-order valence-electron chi connectivity index (χ2n) is 4.60. The third-order valence-electron chi connectivity index (χ3n) is 3.27. The molecule has 0 aliphatic rings. The zero-order chi connectivity index (χ0) is 14.0. The van der Waals surface area contributed by atoms with Gasteiger partial charge in [-0.15, -0.1) is 0 Å². The number of carbonyl (C=O) groups excluding carboxylic acids is 1. The molecule has 19 heavy (non-hydrogen) atoms. The van der Waals surface area contributed by atoms with Crippen LogP contribution in [0.1, 0.15) is 34.6 Å². The van der Waals surface area contributed by atoms with Crippen molar-refractivity contribution in [1.82, 2.24) is 4.90 Å². The Morgan fingerprint density at radius 1 is 1.37 bits per heavy atom. The van der Waals surface area contributed by atoms with E-state index in [1.807, 2.05) is 19.1 Å².